The molecule has 18 heavy (non-hydrogen) atoms. The first-order chi connectivity index (χ1) is 8.72. The van der Waals surface area contributed by atoms with E-state index >= 15 is 0 Å². The molecule has 4 heteroatoms. The lowest BCUT2D eigenvalue weighted by Crippen LogP contribution is -2.35. The Kier molecular flexibility index (Phi) is 4.61. The van der Waals surface area contributed by atoms with Crippen LogP contribution in [0.5, 0.6) is 0 Å². The minimum atomic E-state index is 0.0360. The SMILES string of the molecule is O=C(CCc1ccccc1Cl)N(CCO)C1CC1. The highest BCUT2D eigenvalue weighted by molar-refractivity contribution is 6.31. The fraction of sp³-hybridized carbons (Fsp3) is 0.500. The number of amides is 1. The highest BCUT2D eigenvalue weighted by atomic mass is 35.5. The molecule has 1 fully saturated rings. The quantitative estimate of drug-likeness (QED) is 0.859. The molecule has 0 heterocycles. The number of aryl methyl sites for hydroxylation is 1. The van der Waals surface area contributed by atoms with Crippen LogP contribution in [0.15, 0.2) is 24.3 Å². The molecule has 0 radical (unpaired) electrons. The monoisotopic (exact) mass is 267 g/mol. The van der Waals surface area contributed by atoms with Crippen LogP contribution in [-0.4, -0.2) is 35.1 Å². The van der Waals surface area contributed by atoms with Gasteiger partial charge in [-0.2, -0.15) is 0 Å². The van der Waals surface area contributed by atoms with Gasteiger partial charge in [0.15, 0.2) is 0 Å². The Bertz CT molecular complexity index is 418. The third kappa shape index (κ3) is 3.47. The van der Waals surface area contributed by atoms with Crippen LogP contribution < -0.4 is 0 Å². The maximum absolute atomic E-state index is 12.1. The molecule has 1 saturated carbocycles. The van der Waals surface area contributed by atoms with Gasteiger partial charge in [-0.05, 0) is 30.9 Å². The van der Waals surface area contributed by atoms with Crippen molar-refractivity contribution >= 4 is 17.5 Å². The molecule has 1 aromatic carbocycles. The average Bonchev–Trinajstić information content (AvgIpc) is 3.19. The Morgan fingerprint density at radius 3 is 2.72 bits per heavy atom. The number of rotatable bonds is 6. The maximum Gasteiger partial charge on any atom is 0.223 e. The molecule has 1 N–H and O–H groups in total. The van der Waals surface area contributed by atoms with Gasteiger partial charge < -0.3 is 10.0 Å². The number of aliphatic hydroxyl groups is 1. The fourth-order valence-electron chi connectivity index (χ4n) is 2.09. The highest BCUT2D eigenvalue weighted by Crippen LogP contribution is 2.27. The summed E-state index contributed by atoms with van der Waals surface area (Å²) in [5.74, 6) is 0.117. The van der Waals surface area contributed by atoms with Crippen molar-refractivity contribution in [3.63, 3.8) is 0 Å². The van der Waals surface area contributed by atoms with Crippen molar-refractivity contribution < 1.29 is 9.90 Å². The van der Waals surface area contributed by atoms with Gasteiger partial charge in [-0.15, -0.1) is 0 Å². The van der Waals surface area contributed by atoms with Crippen LogP contribution in [0.3, 0.4) is 0 Å². The Balaban J connectivity index is 1.89. The summed E-state index contributed by atoms with van der Waals surface area (Å²) in [6.07, 6.45) is 3.25. The molecule has 1 amide bonds. The molecule has 1 aromatic rings. The number of hydrogen-bond donors (Lipinski definition) is 1. The summed E-state index contributed by atoms with van der Waals surface area (Å²) < 4.78 is 0. The van der Waals surface area contributed by atoms with E-state index in [1.165, 1.54) is 0 Å². The van der Waals surface area contributed by atoms with Crippen molar-refractivity contribution in [1.82, 2.24) is 4.90 Å². The molecule has 0 atom stereocenters. The number of aliphatic hydroxyl groups excluding tert-OH is 1. The first-order valence-corrected chi connectivity index (χ1v) is 6.74. The smallest absolute Gasteiger partial charge is 0.223 e. The predicted octanol–water partition coefficient (Wildman–Crippen LogP) is 2.26. The summed E-state index contributed by atoms with van der Waals surface area (Å²) in [5.41, 5.74) is 1.01. The minimum absolute atomic E-state index is 0.0360. The largest absolute Gasteiger partial charge is 0.395 e. The second-order valence-corrected chi connectivity index (χ2v) is 5.04. The van der Waals surface area contributed by atoms with E-state index in [4.69, 9.17) is 16.7 Å². The molecule has 1 aliphatic rings. The Morgan fingerprint density at radius 2 is 2.11 bits per heavy atom. The second-order valence-electron chi connectivity index (χ2n) is 4.63. The van der Waals surface area contributed by atoms with E-state index in [1.807, 2.05) is 24.3 Å². The van der Waals surface area contributed by atoms with E-state index in [0.717, 1.165) is 18.4 Å². The molecule has 0 unspecified atom stereocenters. The summed E-state index contributed by atoms with van der Waals surface area (Å²) in [4.78, 5) is 13.9. The van der Waals surface area contributed by atoms with Crippen LogP contribution >= 0.6 is 11.6 Å². The number of nitrogens with zero attached hydrogens (tertiary/aromatic N) is 1. The first kappa shape index (κ1) is 13.4. The topological polar surface area (TPSA) is 40.5 Å². The van der Waals surface area contributed by atoms with E-state index in [1.54, 1.807) is 4.90 Å². The summed E-state index contributed by atoms with van der Waals surface area (Å²) in [5, 5.41) is 9.69. The zero-order chi connectivity index (χ0) is 13.0. The fourth-order valence-corrected chi connectivity index (χ4v) is 2.32. The summed E-state index contributed by atoms with van der Waals surface area (Å²) in [6.45, 7) is 0.486. The molecule has 98 valence electrons. The molecule has 0 saturated heterocycles. The van der Waals surface area contributed by atoms with Crippen molar-refractivity contribution in [3.05, 3.63) is 34.9 Å². The van der Waals surface area contributed by atoms with Crippen molar-refractivity contribution in [2.75, 3.05) is 13.2 Å². The molecule has 1 aliphatic carbocycles. The van der Waals surface area contributed by atoms with Crippen LogP contribution in [0.4, 0.5) is 0 Å². The molecule has 3 nitrogen and oxygen atoms in total. The van der Waals surface area contributed by atoms with Gasteiger partial charge in [-0.3, -0.25) is 4.79 Å². The van der Waals surface area contributed by atoms with Gasteiger partial charge in [0.05, 0.1) is 6.61 Å². The summed E-state index contributed by atoms with van der Waals surface area (Å²) >= 11 is 6.06. The van der Waals surface area contributed by atoms with Gasteiger partial charge in [0.25, 0.3) is 0 Å². The second kappa shape index (κ2) is 6.21. The van der Waals surface area contributed by atoms with Crippen molar-refractivity contribution in [1.29, 1.82) is 0 Å². The number of carbonyl (C=O) groups is 1. The third-order valence-corrected chi connectivity index (χ3v) is 3.58. The van der Waals surface area contributed by atoms with E-state index in [9.17, 15) is 4.79 Å². The zero-order valence-corrected chi connectivity index (χ0v) is 11.1. The van der Waals surface area contributed by atoms with Crippen LogP contribution in [0.25, 0.3) is 0 Å². The van der Waals surface area contributed by atoms with E-state index in [0.29, 0.717) is 30.5 Å². The first-order valence-electron chi connectivity index (χ1n) is 6.36. The lowest BCUT2D eigenvalue weighted by molar-refractivity contribution is -0.132. The zero-order valence-electron chi connectivity index (χ0n) is 10.3. The third-order valence-electron chi connectivity index (χ3n) is 3.21. The van der Waals surface area contributed by atoms with Gasteiger partial charge in [0.1, 0.15) is 0 Å². The normalized spacial score (nSPS) is 14.6. The predicted molar refractivity (Wildman–Crippen MR) is 71.6 cm³/mol. The van der Waals surface area contributed by atoms with E-state index in [2.05, 4.69) is 0 Å². The number of halogens is 1. The van der Waals surface area contributed by atoms with Crippen LogP contribution in [0, 0.1) is 0 Å². The highest BCUT2D eigenvalue weighted by Gasteiger charge is 2.31. The molecular weight excluding hydrogens is 250 g/mol. The number of carbonyl (C=O) groups excluding carboxylic acids is 1. The van der Waals surface area contributed by atoms with Crippen molar-refractivity contribution in [3.8, 4) is 0 Å². The maximum atomic E-state index is 12.1. The van der Waals surface area contributed by atoms with Gasteiger partial charge in [-0.25, -0.2) is 0 Å². The minimum Gasteiger partial charge on any atom is -0.395 e. The standard InChI is InChI=1S/C14H18ClNO2/c15-13-4-2-1-3-11(13)5-8-14(18)16(9-10-17)12-6-7-12/h1-4,12,17H,5-10H2. The molecule has 2 rings (SSSR count). The van der Waals surface area contributed by atoms with Gasteiger partial charge in [0, 0.05) is 24.0 Å². The van der Waals surface area contributed by atoms with Gasteiger partial charge >= 0.3 is 0 Å². The number of hydrogen-bond acceptors (Lipinski definition) is 2. The molecule has 0 spiro atoms. The summed E-state index contributed by atoms with van der Waals surface area (Å²) in [6, 6.07) is 7.96. The van der Waals surface area contributed by atoms with Crippen LogP contribution in [0.1, 0.15) is 24.8 Å². The Labute approximate surface area is 112 Å². The van der Waals surface area contributed by atoms with E-state index in [-0.39, 0.29) is 12.5 Å². The molecule has 0 aromatic heterocycles. The van der Waals surface area contributed by atoms with Gasteiger partial charge in [-0.1, -0.05) is 29.8 Å². The molecular formula is C14H18ClNO2. The summed E-state index contributed by atoms with van der Waals surface area (Å²) in [7, 11) is 0. The van der Waals surface area contributed by atoms with Gasteiger partial charge in [0.2, 0.25) is 5.91 Å². The van der Waals surface area contributed by atoms with Crippen LogP contribution in [0.2, 0.25) is 5.02 Å². The Morgan fingerprint density at radius 1 is 1.39 bits per heavy atom. The van der Waals surface area contributed by atoms with Crippen LogP contribution in [-0.2, 0) is 11.2 Å². The molecule has 0 bridgehead atoms. The lowest BCUT2D eigenvalue weighted by Gasteiger charge is -2.21. The lowest BCUT2D eigenvalue weighted by atomic mass is 10.1. The Hall–Kier alpha value is -1.06. The molecule has 0 aliphatic heterocycles. The average molecular weight is 268 g/mol. The van der Waals surface area contributed by atoms with Crippen molar-refractivity contribution in [2.45, 2.75) is 31.7 Å². The number of benzene rings is 1. The van der Waals surface area contributed by atoms with Crippen molar-refractivity contribution in [2.24, 2.45) is 0 Å². The van der Waals surface area contributed by atoms with E-state index < -0.39 is 0 Å².